The molecule has 1 heterocycles. The molecule has 0 saturated heterocycles. The van der Waals surface area contributed by atoms with Crippen molar-refractivity contribution in [2.24, 2.45) is 0 Å². The van der Waals surface area contributed by atoms with Gasteiger partial charge in [0.2, 0.25) is 0 Å². The zero-order chi connectivity index (χ0) is 16.1. The van der Waals surface area contributed by atoms with E-state index in [1.54, 1.807) is 18.2 Å². The molecule has 0 unspecified atom stereocenters. The molecule has 0 radical (unpaired) electrons. The Bertz CT molecular complexity index is 868. The number of halogens is 2. The summed E-state index contributed by atoms with van der Waals surface area (Å²) in [6, 6.07) is 9.14. The molecule has 0 fully saturated rings. The summed E-state index contributed by atoms with van der Waals surface area (Å²) in [5.41, 5.74) is 2.96. The van der Waals surface area contributed by atoms with Gasteiger partial charge in [-0.1, -0.05) is 32.4 Å². The summed E-state index contributed by atoms with van der Waals surface area (Å²) in [5, 5.41) is 19.8. The molecule has 0 saturated carbocycles. The predicted octanol–water partition coefficient (Wildman–Crippen LogP) is 4.84. The van der Waals surface area contributed by atoms with Crippen LogP contribution in [-0.4, -0.2) is 20.1 Å². The monoisotopic (exact) mass is 379 g/mol. The van der Waals surface area contributed by atoms with Gasteiger partial charge >= 0.3 is 0 Å². The van der Waals surface area contributed by atoms with Crippen LogP contribution < -0.4 is 0 Å². The van der Waals surface area contributed by atoms with Crippen LogP contribution in [0.1, 0.15) is 26.3 Å². The first-order valence-corrected chi connectivity index (χ1v) is 7.99. The molecule has 0 aliphatic carbocycles. The van der Waals surface area contributed by atoms with Crippen LogP contribution in [0.2, 0.25) is 5.02 Å². The van der Waals surface area contributed by atoms with Crippen molar-refractivity contribution in [2.75, 3.05) is 0 Å². The number of phenolic OH excluding ortho intramolecular Hbond substituents is 1. The molecule has 4 nitrogen and oxygen atoms in total. The van der Waals surface area contributed by atoms with Gasteiger partial charge < -0.3 is 5.11 Å². The fourth-order valence-electron chi connectivity index (χ4n) is 2.17. The van der Waals surface area contributed by atoms with Crippen molar-refractivity contribution in [1.82, 2.24) is 15.0 Å². The van der Waals surface area contributed by atoms with Gasteiger partial charge in [-0.3, -0.25) is 0 Å². The third-order valence-corrected chi connectivity index (χ3v) is 4.31. The number of phenols is 1. The Morgan fingerprint density at radius 1 is 1.09 bits per heavy atom. The van der Waals surface area contributed by atoms with Crippen molar-refractivity contribution in [3.8, 4) is 11.4 Å². The summed E-state index contributed by atoms with van der Waals surface area (Å²) in [5.74, 6) is 0.111. The molecule has 0 aliphatic heterocycles. The molecule has 0 spiro atoms. The second-order valence-corrected chi connectivity index (χ2v) is 7.49. The van der Waals surface area contributed by atoms with Crippen molar-refractivity contribution in [2.45, 2.75) is 26.2 Å². The fraction of sp³-hybridized carbons (Fsp3) is 0.250. The van der Waals surface area contributed by atoms with E-state index in [9.17, 15) is 5.11 Å². The van der Waals surface area contributed by atoms with Crippen LogP contribution in [0.4, 0.5) is 0 Å². The molecule has 0 atom stereocenters. The number of hydrogen-bond donors (Lipinski definition) is 1. The Hall–Kier alpha value is -1.59. The minimum Gasteiger partial charge on any atom is -0.505 e. The fourth-order valence-corrected chi connectivity index (χ4v) is 2.78. The highest BCUT2D eigenvalue weighted by Crippen LogP contribution is 2.36. The highest BCUT2D eigenvalue weighted by atomic mass is 79.9. The summed E-state index contributed by atoms with van der Waals surface area (Å²) in [7, 11) is 0. The summed E-state index contributed by atoms with van der Waals surface area (Å²) < 4.78 is 0.620. The molecule has 6 heteroatoms. The van der Waals surface area contributed by atoms with Crippen molar-refractivity contribution in [3.63, 3.8) is 0 Å². The Morgan fingerprint density at radius 2 is 1.77 bits per heavy atom. The van der Waals surface area contributed by atoms with Gasteiger partial charge in [-0.15, -0.1) is 15.0 Å². The first-order valence-electron chi connectivity index (χ1n) is 6.82. The zero-order valence-corrected chi connectivity index (χ0v) is 14.8. The van der Waals surface area contributed by atoms with E-state index < -0.39 is 0 Å². The summed E-state index contributed by atoms with van der Waals surface area (Å²) >= 11 is 9.38. The van der Waals surface area contributed by atoms with Crippen LogP contribution in [0, 0.1) is 0 Å². The standard InChI is InChI=1S/C16H15BrClN3O/c1-16(2,3)9-6-11(17)15(22)14(7-9)21-19-12-5-4-10(18)8-13(12)20-21/h4-8,22H,1-3H3. The molecule has 0 aliphatic rings. The van der Waals surface area contributed by atoms with Crippen LogP contribution >= 0.6 is 27.5 Å². The minimum absolute atomic E-state index is 0.0547. The van der Waals surface area contributed by atoms with Gasteiger partial charge in [0.1, 0.15) is 16.7 Å². The van der Waals surface area contributed by atoms with Crippen molar-refractivity contribution in [3.05, 3.63) is 45.4 Å². The van der Waals surface area contributed by atoms with Crippen molar-refractivity contribution >= 4 is 38.6 Å². The van der Waals surface area contributed by atoms with Gasteiger partial charge in [0, 0.05) is 5.02 Å². The molecule has 1 aromatic heterocycles. The van der Waals surface area contributed by atoms with E-state index in [0.717, 1.165) is 11.1 Å². The maximum atomic E-state index is 10.3. The number of rotatable bonds is 1. The molecule has 0 bridgehead atoms. The van der Waals surface area contributed by atoms with E-state index >= 15 is 0 Å². The van der Waals surface area contributed by atoms with Crippen LogP contribution in [0.25, 0.3) is 16.7 Å². The molecule has 2 aromatic carbocycles. The highest BCUT2D eigenvalue weighted by molar-refractivity contribution is 9.10. The van der Waals surface area contributed by atoms with Gasteiger partial charge in [-0.2, -0.15) is 0 Å². The molecular weight excluding hydrogens is 366 g/mol. The van der Waals surface area contributed by atoms with E-state index in [1.165, 1.54) is 4.80 Å². The number of aromatic nitrogens is 3. The lowest BCUT2D eigenvalue weighted by molar-refractivity contribution is 0.462. The average molecular weight is 381 g/mol. The first kappa shape index (κ1) is 15.3. The lowest BCUT2D eigenvalue weighted by atomic mass is 9.87. The molecule has 22 heavy (non-hydrogen) atoms. The second-order valence-electron chi connectivity index (χ2n) is 6.20. The molecular formula is C16H15BrClN3O. The Balaban J connectivity index is 2.23. The van der Waals surface area contributed by atoms with Gasteiger partial charge in [-0.05, 0) is 57.2 Å². The lowest BCUT2D eigenvalue weighted by Gasteiger charge is -2.20. The van der Waals surface area contributed by atoms with Crippen LogP contribution in [0.15, 0.2) is 34.8 Å². The normalized spacial score (nSPS) is 12.0. The third kappa shape index (κ3) is 2.71. The Labute approximate surface area is 141 Å². The van der Waals surface area contributed by atoms with Crippen molar-refractivity contribution in [1.29, 1.82) is 0 Å². The topological polar surface area (TPSA) is 50.9 Å². The summed E-state index contributed by atoms with van der Waals surface area (Å²) in [6.07, 6.45) is 0. The van der Waals surface area contributed by atoms with Crippen molar-refractivity contribution < 1.29 is 5.11 Å². The van der Waals surface area contributed by atoms with Gasteiger partial charge in [0.15, 0.2) is 5.75 Å². The third-order valence-electron chi connectivity index (χ3n) is 3.47. The second kappa shape index (κ2) is 5.25. The highest BCUT2D eigenvalue weighted by Gasteiger charge is 2.20. The predicted molar refractivity (Wildman–Crippen MR) is 91.9 cm³/mol. The van der Waals surface area contributed by atoms with E-state index in [4.69, 9.17) is 11.6 Å². The smallest absolute Gasteiger partial charge is 0.157 e. The number of fused-ring (bicyclic) bond motifs is 1. The molecule has 114 valence electrons. The number of hydrogen-bond acceptors (Lipinski definition) is 3. The first-order chi connectivity index (χ1) is 10.3. The lowest BCUT2D eigenvalue weighted by Crippen LogP contribution is -2.12. The average Bonchev–Trinajstić information content (AvgIpc) is 2.83. The number of benzene rings is 2. The Kier molecular flexibility index (Phi) is 3.65. The number of nitrogens with zero attached hydrogens (tertiary/aromatic N) is 3. The quantitative estimate of drug-likeness (QED) is 0.657. The SMILES string of the molecule is CC(C)(C)c1cc(Br)c(O)c(-n2nc3ccc(Cl)cc3n2)c1. The zero-order valence-electron chi connectivity index (χ0n) is 12.4. The maximum Gasteiger partial charge on any atom is 0.157 e. The van der Waals surface area contributed by atoms with E-state index in [2.05, 4.69) is 46.9 Å². The summed E-state index contributed by atoms with van der Waals surface area (Å²) in [4.78, 5) is 1.44. The van der Waals surface area contributed by atoms with Crippen LogP contribution in [-0.2, 0) is 5.41 Å². The molecule has 0 amide bonds. The Morgan fingerprint density at radius 3 is 2.45 bits per heavy atom. The molecule has 1 N–H and O–H groups in total. The van der Waals surface area contributed by atoms with Crippen LogP contribution in [0.3, 0.4) is 0 Å². The summed E-state index contributed by atoms with van der Waals surface area (Å²) in [6.45, 7) is 6.34. The largest absolute Gasteiger partial charge is 0.505 e. The van der Waals surface area contributed by atoms with Gasteiger partial charge in [0.05, 0.1) is 4.47 Å². The van der Waals surface area contributed by atoms with Gasteiger partial charge in [0.25, 0.3) is 0 Å². The minimum atomic E-state index is -0.0547. The number of aromatic hydroxyl groups is 1. The van der Waals surface area contributed by atoms with Crippen LogP contribution in [0.5, 0.6) is 5.75 Å². The van der Waals surface area contributed by atoms with E-state index in [1.807, 2.05) is 12.1 Å². The van der Waals surface area contributed by atoms with Gasteiger partial charge in [-0.25, -0.2) is 0 Å². The molecule has 3 rings (SSSR count). The maximum absolute atomic E-state index is 10.3. The van der Waals surface area contributed by atoms with E-state index in [-0.39, 0.29) is 11.2 Å². The molecule has 3 aromatic rings. The van der Waals surface area contributed by atoms with E-state index in [0.29, 0.717) is 20.7 Å².